The lowest BCUT2D eigenvalue weighted by Gasteiger charge is -2.18. The maximum Gasteiger partial charge on any atom is 0.673 e. The van der Waals surface area contributed by atoms with Crippen LogP contribution in [0.3, 0.4) is 0 Å². The molecule has 0 aromatic heterocycles. The van der Waals surface area contributed by atoms with Gasteiger partial charge in [0.1, 0.15) is 5.71 Å². The van der Waals surface area contributed by atoms with E-state index in [1.807, 2.05) is 11.8 Å². The number of nitrogens with zero attached hydrogens (tertiary/aromatic N) is 2. The van der Waals surface area contributed by atoms with Crippen molar-refractivity contribution in [1.82, 2.24) is 0 Å². The van der Waals surface area contributed by atoms with Crippen molar-refractivity contribution < 1.29 is 21.9 Å². The molecule has 1 aliphatic carbocycles. The van der Waals surface area contributed by atoms with E-state index in [9.17, 15) is 17.3 Å². The van der Waals surface area contributed by atoms with Gasteiger partial charge in [-0.1, -0.05) is 138 Å². The highest BCUT2D eigenvalue weighted by Gasteiger charge is 2.36. The topological polar surface area (TPSA) is 15.4 Å². The van der Waals surface area contributed by atoms with E-state index < -0.39 is 7.25 Å². The second kappa shape index (κ2) is 14.0. The highest BCUT2D eigenvalue weighted by atomic mass is 32.2. The molecule has 8 heteroatoms. The van der Waals surface area contributed by atoms with Crippen LogP contribution >= 0.6 is 11.8 Å². The van der Waals surface area contributed by atoms with Crippen LogP contribution in [0.15, 0.2) is 174 Å². The molecule has 0 bridgehead atoms. The minimum absolute atomic E-state index is 0.158. The molecule has 3 aliphatic rings. The summed E-state index contributed by atoms with van der Waals surface area (Å²) in [6.07, 6.45) is 14.4. The number of benzene rings is 4. The SMILES string of the molecule is C1=CC(=[N+]2N=C(c3ccccc3)CC2c2ccccc2)C=CC1=C1C=C(c2ccccc2)SC(c2ccccc2)=C1.F[B-](F)(F)F. The van der Waals surface area contributed by atoms with Crippen LogP contribution in [0.4, 0.5) is 17.3 Å². The third-order valence-electron chi connectivity index (χ3n) is 7.58. The number of hydrazone groups is 1. The zero-order chi connectivity index (χ0) is 31.9. The summed E-state index contributed by atoms with van der Waals surface area (Å²) >= 11 is 1.83. The Hall–Kier alpha value is -4.95. The first-order valence-corrected chi connectivity index (χ1v) is 15.7. The van der Waals surface area contributed by atoms with E-state index in [4.69, 9.17) is 5.10 Å². The third kappa shape index (κ3) is 7.82. The summed E-state index contributed by atoms with van der Waals surface area (Å²) < 4.78 is 41.2. The molecular formula is C38H29BF4N2S. The van der Waals surface area contributed by atoms with Gasteiger partial charge in [-0.05, 0) is 51.7 Å². The fourth-order valence-corrected chi connectivity index (χ4v) is 6.57. The first kappa shape index (κ1) is 31.1. The average molecular weight is 633 g/mol. The smallest absolute Gasteiger partial charge is 0.418 e. The molecule has 0 N–H and O–H groups in total. The quantitative estimate of drug-likeness (QED) is 0.124. The molecule has 4 aromatic rings. The fraction of sp³-hybridized carbons (Fsp3) is 0.0526. The molecular weight excluding hydrogens is 603 g/mol. The summed E-state index contributed by atoms with van der Waals surface area (Å²) in [7, 11) is -6.00. The summed E-state index contributed by atoms with van der Waals surface area (Å²) in [6.45, 7) is 0. The van der Waals surface area contributed by atoms with Crippen molar-refractivity contribution in [2.24, 2.45) is 5.10 Å². The second-order valence-electron chi connectivity index (χ2n) is 10.7. The molecule has 1 atom stereocenters. The van der Waals surface area contributed by atoms with Crippen molar-refractivity contribution in [1.29, 1.82) is 0 Å². The molecule has 0 amide bonds. The maximum absolute atomic E-state index is 9.75. The zero-order valence-corrected chi connectivity index (χ0v) is 25.5. The van der Waals surface area contributed by atoms with Gasteiger partial charge in [0.25, 0.3) is 0 Å². The van der Waals surface area contributed by atoms with Gasteiger partial charge in [-0.3, -0.25) is 0 Å². The number of hydrogen-bond acceptors (Lipinski definition) is 2. The molecule has 2 nitrogen and oxygen atoms in total. The first-order chi connectivity index (χ1) is 22.3. The molecule has 4 aromatic carbocycles. The Bertz CT molecular complexity index is 1830. The lowest BCUT2D eigenvalue weighted by molar-refractivity contribution is -0.566. The largest absolute Gasteiger partial charge is 0.673 e. The van der Waals surface area contributed by atoms with Gasteiger partial charge >= 0.3 is 7.25 Å². The minimum Gasteiger partial charge on any atom is -0.418 e. The van der Waals surface area contributed by atoms with Crippen LogP contribution in [-0.2, 0) is 0 Å². The molecule has 0 radical (unpaired) electrons. The van der Waals surface area contributed by atoms with E-state index in [1.165, 1.54) is 43.2 Å². The van der Waals surface area contributed by atoms with Crippen molar-refractivity contribution in [3.63, 3.8) is 0 Å². The lowest BCUT2D eigenvalue weighted by atomic mass is 9.97. The Kier molecular flexibility index (Phi) is 9.45. The van der Waals surface area contributed by atoms with Crippen molar-refractivity contribution in [3.05, 3.63) is 191 Å². The van der Waals surface area contributed by atoms with Gasteiger partial charge in [-0.15, -0.1) is 0 Å². The van der Waals surface area contributed by atoms with Gasteiger partial charge in [-0.25, -0.2) is 0 Å². The summed E-state index contributed by atoms with van der Waals surface area (Å²) in [5, 5.41) is 5.15. The van der Waals surface area contributed by atoms with Crippen LogP contribution in [-0.4, -0.2) is 23.4 Å². The van der Waals surface area contributed by atoms with E-state index in [1.54, 1.807) is 0 Å². The minimum atomic E-state index is -6.00. The van der Waals surface area contributed by atoms with Crippen molar-refractivity contribution in [3.8, 4) is 0 Å². The molecule has 46 heavy (non-hydrogen) atoms. The Morgan fingerprint density at radius 1 is 0.565 bits per heavy atom. The van der Waals surface area contributed by atoms with Crippen molar-refractivity contribution in [2.45, 2.75) is 12.5 Å². The van der Waals surface area contributed by atoms with Crippen LogP contribution in [0, 0.1) is 0 Å². The van der Waals surface area contributed by atoms with Crippen LogP contribution in [0.5, 0.6) is 0 Å². The normalized spacial score (nSPS) is 17.7. The predicted octanol–water partition coefficient (Wildman–Crippen LogP) is 10.5. The molecule has 0 saturated carbocycles. The monoisotopic (exact) mass is 632 g/mol. The van der Waals surface area contributed by atoms with Gasteiger partial charge in [0.15, 0.2) is 0 Å². The van der Waals surface area contributed by atoms with Gasteiger partial charge in [0.05, 0.1) is 6.42 Å². The number of thioether (sulfide) groups is 1. The van der Waals surface area contributed by atoms with Crippen LogP contribution < -0.4 is 0 Å². The van der Waals surface area contributed by atoms with Gasteiger partial charge in [0.2, 0.25) is 11.8 Å². The van der Waals surface area contributed by atoms with E-state index in [2.05, 4.69) is 162 Å². The molecule has 0 saturated heterocycles. The van der Waals surface area contributed by atoms with Crippen LogP contribution in [0.2, 0.25) is 0 Å². The van der Waals surface area contributed by atoms with Crippen molar-refractivity contribution in [2.75, 3.05) is 0 Å². The van der Waals surface area contributed by atoms with Gasteiger partial charge < -0.3 is 17.3 Å². The van der Waals surface area contributed by atoms with Gasteiger partial charge in [0, 0.05) is 33.1 Å². The van der Waals surface area contributed by atoms with E-state index in [0.717, 1.165) is 17.8 Å². The molecule has 7 rings (SSSR count). The molecule has 0 spiro atoms. The second-order valence-corrected chi connectivity index (χ2v) is 11.8. The number of halogens is 4. The highest BCUT2D eigenvalue weighted by Crippen LogP contribution is 2.44. The Labute approximate surface area is 270 Å². The summed E-state index contributed by atoms with van der Waals surface area (Å²) in [5.41, 5.74) is 9.54. The summed E-state index contributed by atoms with van der Waals surface area (Å²) in [5.74, 6) is 0. The first-order valence-electron chi connectivity index (χ1n) is 14.9. The number of allylic oxidation sites excluding steroid dienone is 8. The summed E-state index contributed by atoms with van der Waals surface area (Å²) in [4.78, 5) is 2.51. The average Bonchev–Trinajstić information content (AvgIpc) is 3.55. The molecule has 2 aliphatic heterocycles. The standard InChI is InChI=1S/C38H29N2S.BF4/c1-5-13-29(14-6-1)35-27-36(30-15-7-2-8-16-30)40(39-35)34-23-21-28(22-24-34)33-25-37(31-17-9-3-10-18-31)41-38(26-33)32-19-11-4-12-20-32;2-1(3,4)5/h1-26,36H,27H2;/q+1;-1. The zero-order valence-electron chi connectivity index (χ0n) is 24.7. The third-order valence-corrected chi connectivity index (χ3v) is 8.72. The Balaban J connectivity index is 0.000000692. The summed E-state index contributed by atoms with van der Waals surface area (Å²) in [6, 6.07) is 42.7. The number of rotatable bonds is 4. The van der Waals surface area contributed by atoms with E-state index in [-0.39, 0.29) is 6.04 Å². The molecule has 1 unspecified atom stereocenters. The van der Waals surface area contributed by atoms with Crippen LogP contribution in [0.1, 0.15) is 34.7 Å². The van der Waals surface area contributed by atoms with E-state index >= 15 is 0 Å². The van der Waals surface area contributed by atoms with Gasteiger partial charge in [-0.2, -0.15) is 0 Å². The molecule has 2 heterocycles. The number of hydrogen-bond donors (Lipinski definition) is 0. The highest BCUT2D eigenvalue weighted by molar-refractivity contribution is 8.16. The lowest BCUT2D eigenvalue weighted by Crippen LogP contribution is -2.17. The fourth-order valence-electron chi connectivity index (χ4n) is 5.45. The molecule has 228 valence electrons. The predicted molar refractivity (Wildman–Crippen MR) is 184 cm³/mol. The van der Waals surface area contributed by atoms with E-state index in [0.29, 0.717) is 0 Å². The Morgan fingerprint density at radius 2 is 1.00 bits per heavy atom. The Morgan fingerprint density at radius 3 is 1.48 bits per heavy atom. The van der Waals surface area contributed by atoms with Crippen LogP contribution in [0.25, 0.3) is 9.81 Å². The maximum atomic E-state index is 9.75. The molecule has 0 fully saturated rings. The van der Waals surface area contributed by atoms with Crippen molar-refractivity contribution >= 4 is 40.2 Å².